The number of hydrogen-bond donors (Lipinski definition) is 1. The van der Waals surface area contributed by atoms with Gasteiger partial charge in [0.1, 0.15) is 5.60 Å². The summed E-state index contributed by atoms with van der Waals surface area (Å²) >= 11 is 0. The first-order valence-corrected chi connectivity index (χ1v) is 4.87. The highest BCUT2D eigenvalue weighted by Crippen LogP contribution is 2.34. The van der Waals surface area contributed by atoms with Crippen LogP contribution in [0.4, 0.5) is 0 Å². The number of methoxy groups -OCH3 is 1. The number of carbonyl (C=O) groups excluding carboxylic acids is 2. The molecule has 0 aromatic carbocycles. The van der Waals surface area contributed by atoms with Crippen LogP contribution in [0.2, 0.25) is 0 Å². The van der Waals surface area contributed by atoms with Gasteiger partial charge < -0.3 is 9.84 Å². The smallest absolute Gasteiger partial charge is 0.377 e. The second-order valence-electron chi connectivity index (χ2n) is 3.89. The third kappa shape index (κ3) is 1.80. The van der Waals surface area contributed by atoms with Crippen LogP contribution in [0.3, 0.4) is 0 Å². The molecule has 0 aliphatic heterocycles. The van der Waals surface area contributed by atoms with Crippen molar-refractivity contribution in [2.24, 2.45) is 5.92 Å². The van der Waals surface area contributed by atoms with Crippen molar-refractivity contribution in [1.29, 1.82) is 0 Å². The number of hydrogen-bond acceptors (Lipinski definition) is 4. The van der Waals surface area contributed by atoms with Gasteiger partial charge in [0, 0.05) is 0 Å². The molecule has 1 rings (SSSR count). The molecule has 0 unspecified atom stereocenters. The van der Waals surface area contributed by atoms with Crippen molar-refractivity contribution >= 4 is 11.8 Å². The van der Waals surface area contributed by atoms with E-state index in [9.17, 15) is 14.7 Å². The predicted octanol–water partition coefficient (Wildman–Crippen LogP) is 0.670. The van der Waals surface area contributed by atoms with Gasteiger partial charge in [0.25, 0.3) is 5.78 Å². The third-order valence-electron chi connectivity index (χ3n) is 3.02. The summed E-state index contributed by atoms with van der Waals surface area (Å²) in [6.45, 7) is 1.79. The second-order valence-corrected chi connectivity index (χ2v) is 3.89. The number of carbonyl (C=O) groups is 2. The van der Waals surface area contributed by atoms with Gasteiger partial charge in [-0.1, -0.05) is 19.8 Å². The van der Waals surface area contributed by atoms with E-state index in [1.807, 2.05) is 0 Å². The monoisotopic (exact) mass is 200 g/mol. The molecule has 4 heteroatoms. The number of rotatable bonds is 2. The number of esters is 1. The minimum atomic E-state index is -1.49. The summed E-state index contributed by atoms with van der Waals surface area (Å²) in [5, 5.41) is 10.1. The van der Waals surface area contributed by atoms with Gasteiger partial charge in [0.2, 0.25) is 0 Å². The zero-order chi connectivity index (χ0) is 10.8. The van der Waals surface area contributed by atoms with E-state index in [-0.39, 0.29) is 5.92 Å². The van der Waals surface area contributed by atoms with Crippen molar-refractivity contribution in [1.82, 2.24) is 0 Å². The maximum Gasteiger partial charge on any atom is 0.377 e. The van der Waals surface area contributed by atoms with Crippen LogP contribution in [0, 0.1) is 5.92 Å². The molecule has 0 aromatic heterocycles. The van der Waals surface area contributed by atoms with Crippen LogP contribution in [0.5, 0.6) is 0 Å². The Morgan fingerprint density at radius 3 is 2.57 bits per heavy atom. The first-order chi connectivity index (χ1) is 6.52. The molecule has 0 saturated heterocycles. The van der Waals surface area contributed by atoms with Crippen molar-refractivity contribution in [3.63, 3.8) is 0 Å². The fourth-order valence-electron chi connectivity index (χ4n) is 1.94. The lowest BCUT2D eigenvalue weighted by Crippen LogP contribution is -2.50. The highest BCUT2D eigenvalue weighted by molar-refractivity contribution is 6.36. The van der Waals surface area contributed by atoms with Gasteiger partial charge in [-0.15, -0.1) is 0 Å². The maximum absolute atomic E-state index is 11.5. The zero-order valence-corrected chi connectivity index (χ0v) is 8.58. The average molecular weight is 200 g/mol. The number of aliphatic hydroxyl groups is 1. The number of Topliss-reactive ketones (excluding diaryl/α,β-unsaturated/α-hetero) is 1. The summed E-state index contributed by atoms with van der Waals surface area (Å²) in [4.78, 5) is 22.6. The molecule has 0 amide bonds. The Morgan fingerprint density at radius 1 is 1.43 bits per heavy atom. The SMILES string of the molecule is COC(=O)C(=O)[C@@]1(O)CCCC[C@@H]1C. The molecule has 1 N–H and O–H groups in total. The fourth-order valence-corrected chi connectivity index (χ4v) is 1.94. The van der Waals surface area contributed by atoms with Crippen LogP contribution in [0.15, 0.2) is 0 Å². The summed E-state index contributed by atoms with van der Waals surface area (Å²) in [6, 6.07) is 0. The molecule has 1 saturated carbocycles. The largest absolute Gasteiger partial charge is 0.463 e. The van der Waals surface area contributed by atoms with Crippen LogP contribution in [0.25, 0.3) is 0 Å². The lowest BCUT2D eigenvalue weighted by atomic mass is 9.74. The molecule has 1 fully saturated rings. The van der Waals surface area contributed by atoms with Crippen molar-refractivity contribution in [2.45, 2.75) is 38.2 Å². The Labute approximate surface area is 83.2 Å². The summed E-state index contributed by atoms with van der Waals surface area (Å²) < 4.78 is 4.33. The van der Waals surface area contributed by atoms with Gasteiger partial charge in [0.15, 0.2) is 0 Å². The summed E-state index contributed by atoms with van der Waals surface area (Å²) in [6.07, 6.45) is 2.92. The Bertz CT molecular complexity index is 249. The van der Waals surface area contributed by atoms with E-state index in [0.717, 1.165) is 26.4 Å². The summed E-state index contributed by atoms with van der Waals surface area (Å²) in [5.74, 6) is -1.91. The standard InChI is InChI=1S/C10H16O4/c1-7-5-3-4-6-10(7,13)8(11)9(12)14-2/h7,13H,3-6H2,1-2H3/t7-,10+/m0/s1. The molecule has 80 valence electrons. The van der Waals surface area contributed by atoms with Crippen LogP contribution in [0.1, 0.15) is 32.6 Å². The van der Waals surface area contributed by atoms with E-state index in [0.29, 0.717) is 6.42 Å². The molecule has 0 radical (unpaired) electrons. The minimum Gasteiger partial charge on any atom is -0.463 e. The van der Waals surface area contributed by atoms with Crippen LogP contribution in [-0.2, 0) is 14.3 Å². The maximum atomic E-state index is 11.5. The molecule has 1 aliphatic rings. The highest BCUT2D eigenvalue weighted by Gasteiger charge is 2.46. The van der Waals surface area contributed by atoms with Crippen molar-refractivity contribution < 1.29 is 19.4 Å². The molecular formula is C10H16O4. The number of ketones is 1. The molecule has 4 nitrogen and oxygen atoms in total. The lowest BCUT2D eigenvalue weighted by molar-refractivity contribution is -0.166. The van der Waals surface area contributed by atoms with E-state index in [1.54, 1.807) is 6.92 Å². The predicted molar refractivity (Wildman–Crippen MR) is 49.6 cm³/mol. The van der Waals surface area contributed by atoms with Gasteiger partial charge in [-0.05, 0) is 18.8 Å². The van der Waals surface area contributed by atoms with Gasteiger partial charge in [-0.3, -0.25) is 4.79 Å². The van der Waals surface area contributed by atoms with E-state index in [2.05, 4.69) is 4.74 Å². The first-order valence-electron chi connectivity index (χ1n) is 4.87. The summed E-state index contributed by atoms with van der Waals surface area (Å²) in [7, 11) is 1.15. The normalized spacial score (nSPS) is 32.4. The second kappa shape index (κ2) is 4.09. The van der Waals surface area contributed by atoms with Gasteiger partial charge >= 0.3 is 5.97 Å². The topological polar surface area (TPSA) is 63.6 Å². The quantitative estimate of drug-likeness (QED) is 0.525. The molecule has 1 aliphatic carbocycles. The number of ether oxygens (including phenoxy) is 1. The lowest BCUT2D eigenvalue weighted by Gasteiger charge is -2.35. The Morgan fingerprint density at radius 2 is 2.07 bits per heavy atom. The van der Waals surface area contributed by atoms with Gasteiger partial charge in [-0.2, -0.15) is 0 Å². The van der Waals surface area contributed by atoms with E-state index in [1.165, 1.54) is 0 Å². The van der Waals surface area contributed by atoms with Crippen LogP contribution in [-0.4, -0.2) is 29.6 Å². The molecule has 0 spiro atoms. The van der Waals surface area contributed by atoms with E-state index in [4.69, 9.17) is 0 Å². The fraction of sp³-hybridized carbons (Fsp3) is 0.800. The third-order valence-corrected chi connectivity index (χ3v) is 3.02. The Hall–Kier alpha value is -0.900. The van der Waals surface area contributed by atoms with E-state index >= 15 is 0 Å². The Balaban J connectivity index is 2.81. The van der Waals surface area contributed by atoms with Crippen molar-refractivity contribution in [2.75, 3.05) is 7.11 Å². The zero-order valence-electron chi connectivity index (χ0n) is 8.58. The first kappa shape index (κ1) is 11.2. The average Bonchev–Trinajstić information content (AvgIpc) is 2.20. The summed E-state index contributed by atoms with van der Waals surface area (Å²) in [5.41, 5.74) is -1.49. The molecule has 0 aromatic rings. The molecule has 2 atom stereocenters. The van der Waals surface area contributed by atoms with Gasteiger partial charge in [0.05, 0.1) is 7.11 Å². The molecule has 0 heterocycles. The van der Waals surface area contributed by atoms with Gasteiger partial charge in [-0.25, -0.2) is 4.79 Å². The van der Waals surface area contributed by atoms with Crippen molar-refractivity contribution in [3.8, 4) is 0 Å². The van der Waals surface area contributed by atoms with Crippen LogP contribution < -0.4 is 0 Å². The van der Waals surface area contributed by atoms with Crippen molar-refractivity contribution in [3.05, 3.63) is 0 Å². The Kier molecular flexibility index (Phi) is 3.26. The minimum absolute atomic E-state index is 0.164. The molecule has 14 heavy (non-hydrogen) atoms. The van der Waals surface area contributed by atoms with E-state index < -0.39 is 17.4 Å². The van der Waals surface area contributed by atoms with Crippen LogP contribution >= 0.6 is 0 Å². The molecule has 0 bridgehead atoms. The highest BCUT2D eigenvalue weighted by atomic mass is 16.5. The molecular weight excluding hydrogens is 184 g/mol.